The molecule has 1 aliphatic carbocycles. The molecule has 0 atom stereocenters. The summed E-state index contributed by atoms with van der Waals surface area (Å²) in [5.74, 6) is -0.198. The third-order valence-corrected chi connectivity index (χ3v) is 3.08. The van der Waals surface area contributed by atoms with E-state index in [4.69, 9.17) is 0 Å². The van der Waals surface area contributed by atoms with Gasteiger partial charge >= 0.3 is 0 Å². The number of hydrogen-bond donors (Lipinski definition) is 1. The lowest BCUT2D eigenvalue weighted by Crippen LogP contribution is -2.36. The summed E-state index contributed by atoms with van der Waals surface area (Å²) in [6, 6.07) is 6.52. The molecule has 0 aromatic heterocycles. The fourth-order valence-electron chi connectivity index (χ4n) is 1.86. The van der Waals surface area contributed by atoms with Gasteiger partial charge in [-0.2, -0.15) is 0 Å². The summed E-state index contributed by atoms with van der Waals surface area (Å²) in [5, 5.41) is 9.85. The van der Waals surface area contributed by atoms with E-state index in [9.17, 15) is 9.50 Å². The van der Waals surface area contributed by atoms with Gasteiger partial charge in [0.15, 0.2) is 0 Å². The number of rotatable bonds is 3. The van der Waals surface area contributed by atoms with Crippen molar-refractivity contribution >= 4 is 0 Å². The van der Waals surface area contributed by atoms with Crippen LogP contribution in [0.4, 0.5) is 4.39 Å². The maximum absolute atomic E-state index is 12.6. The van der Waals surface area contributed by atoms with Crippen molar-refractivity contribution in [2.75, 3.05) is 0 Å². The highest BCUT2D eigenvalue weighted by molar-refractivity contribution is 5.16. The van der Waals surface area contributed by atoms with Gasteiger partial charge in [0, 0.05) is 0 Å². The number of aryl methyl sites for hydroxylation is 1. The van der Waals surface area contributed by atoms with Crippen LogP contribution in [0.2, 0.25) is 0 Å². The smallest absolute Gasteiger partial charge is 0.123 e. The molecule has 14 heavy (non-hydrogen) atoms. The Morgan fingerprint density at radius 1 is 1.21 bits per heavy atom. The highest BCUT2D eigenvalue weighted by Crippen LogP contribution is 2.35. The van der Waals surface area contributed by atoms with Gasteiger partial charge in [0.05, 0.1) is 5.60 Å². The number of hydrogen-bond acceptors (Lipinski definition) is 1. The zero-order valence-electron chi connectivity index (χ0n) is 8.17. The SMILES string of the molecule is OC1(CCc2ccc(F)cc2)CCC1. The molecule has 0 amide bonds. The molecule has 76 valence electrons. The van der Waals surface area contributed by atoms with Crippen LogP contribution in [0.5, 0.6) is 0 Å². The summed E-state index contributed by atoms with van der Waals surface area (Å²) in [4.78, 5) is 0. The molecule has 1 saturated carbocycles. The molecular weight excluding hydrogens is 179 g/mol. The highest BCUT2D eigenvalue weighted by atomic mass is 19.1. The number of halogens is 1. The molecule has 0 spiro atoms. The Morgan fingerprint density at radius 2 is 1.86 bits per heavy atom. The van der Waals surface area contributed by atoms with Crippen LogP contribution in [0, 0.1) is 5.82 Å². The second-order valence-corrected chi connectivity index (χ2v) is 4.20. The first kappa shape index (κ1) is 9.66. The average molecular weight is 194 g/mol. The molecule has 0 bridgehead atoms. The van der Waals surface area contributed by atoms with Gasteiger partial charge < -0.3 is 5.11 Å². The molecule has 1 aliphatic rings. The first-order valence-electron chi connectivity index (χ1n) is 5.15. The molecule has 0 aliphatic heterocycles. The predicted octanol–water partition coefficient (Wildman–Crippen LogP) is 2.67. The van der Waals surface area contributed by atoms with Crippen molar-refractivity contribution in [3.05, 3.63) is 35.6 Å². The van der Waals surface area contributed by atoms with E-state index in [-0.39, 0.29) is 5.82 Å². The van der Waals surface area contributed by atoms with Gasteiger partial charge in [0.25, 0.3) is 0 Å². The van der Waals surface area contributed by atoms with Crippen molar-refractivity contribution in [3.8, 4) is 0 Å². The molecule has 0 unspecified atom stereocenters. The number of aliphatic hydroxyl groups is 1. The van der Waals surface area contributed by atoms with Crippen LogP contribution in [0.1, 0.15) is 31.2 Å². The van der Waals surface area contributed by atoms with Crippen LogP contribution >= 0.6 is 0 Å². The fourth-order valence-corrected chi connectivity index (χ4v) is 1.86. The van der Waals surface area contributed by atoms with Gasteiger partial charge in [-0.1, -0.05) is 12.1 Å². The lowest BCUT2D eigenvalue weighted by atomic mass is 9.76. The Labute approximate surface area is 83.6 Å². The molecule has 0 saturated heterocycles. The van der Waals surface area contributed by atoms with Crippen molar-refractivity contribution in [2.45, 2.75) is 37.7 Å². The van der Waals surface area contributed by atoms with Crippen LogP contribution in [-0.2, 0) is 6.42 Å². The third kappa shape index (κ3) is 2.13. The topological polar surface area (TPSA) is 20.2 Å². The minimum Gasteiger partial charge on any atom is -0.390 e. The first-order valence-corrected chi connectivity index (χ1v) is 5.15. The van der Waals surface area contributed by atoms with Crippen molar-refractivity contribution < 1.29 is 9.50 Å². The molecule has 2 rings (SSSR count). The maximum Gasteiger partial charge on any atom is 0.123 e. The Kier molecular flexibility index (Phi) is 2.55. The summed E-state index contributed by atoms with van der Waals surface area (Å²) >= 11 is 0. The zero-order chi connectivity index (χ0) is 10.0. The lowest BCUT2D eigenvalue weighted by molar-refractivity contribution is -0.0397. The lowest BCUT2D eigenvalue weighted by Gasteiger charge is -2.36. The minimum atomic E-state index is -0.422. The number of benzene rings is 1. The standard InChI is InChI=1S/C12H15FO/c13-11-4-2-10(3-5-11)6-9-12(14)7-1-8-12/h2-5,14H,1,6-9H2. The Hall–Kier alpha value is -0.890. The van der Waals surface area contributed by atoms with Crippen LogP contribution in [0.25, 0.3) is 0 Å². The Balaban J connectivity index is 1.88. The molecular formula is C12H15FO. The Morgan fingerprint density at radius 3 is 2.36 bits per heavy atom. The molecule has 1 fully saturated rings. The molecule has 2 heteroatoms. The van der Waals surface area contributed by atoms with Crippen molar-refractivity contribution in [3.63, 3.8) is 0 Å². The van der Waals surface area contributed by atoms with Crippen LogP contribution in [0.15, 0.2) is 24.3 Å². The monoisotopic (exact) mass is 194 g/mol. The van der Waals surface area contributed by atoms with Gasteiger partial charge in [0.1, 0.15) is 5.82 Å². The van der Waals surface area contributed by atoms with Crippen molar-refractivity contribution in [1.29, 1.82) is 0 Å². The molecule has 1 N–H and O–H groups in total. The second-order valence-electron chi connectivity index (χ2n) is 4.20. The maximum atomic E-state index is 12.6. The summed E-state index contributed by atoms with van der Waals surface area (Å²) in [6.45, 7) is 0. The van der Waals surface area contributed by atoms with E-state index < -0.39 is 5.60 Å². The van der Waals surface area contributed by atoms with Crippen molar-refractivity contribution in [1.82, 2.24) is 0 Å². The van der Waals surface area contributed by atoms with E-state index >= 15 is 0 Å². The van der Waals surface area contributed by atoms with Gasteiger partial charge in [-0.05, 0) is 49.8 Å². The first-order chi connectivity index (χ1) is 6.68. The third-order valence-electron chi connectivity index (χ3n) is 3.08. The van der Waals surface area contributed by atoms with Crippen LogP contribution in [0.3, 0.4) is 0 Å². The second kappa shape index (κ2) is 3.70. The summed E-state index contributed by atoms with van der Waals surface area (Å²) in [7, 11) is 0. The summed E-state index contributed by atoms with van der Waals surface area (Å²) in [6.07, 6.45) is 4.64. The van der Waals surface area contributed by atoms with Gasteiger partial charge in [-0.15, -0.1) is 0 Å². The minimum absolute atomic E-state index is 0.198. The Bertz CT molecular complexity index is 301. The molecule has 1 aromatic carbocycles. The largest absolute Gasteiger partial charge is 0.390 e. The zero-order valence-corrected chi connectivity index (χ0v) is 8.17. The molecule has 1 aromatic rings. The summed E-state index contributed by atoms with van der Waals surface area (Å²) < 4.78 is 12.6. The van der Waals surface area contributed by atoms with Crippen molar-refractivity contribution in [2.24, 2.45) is 0 Å². The van der Waals surface area contributed by atoms with E-state index in [1.54, 1.807) is 12.1 Å². The van der Waals surface area contributed by atoms with E-state index in [1.807, 2.05) is 0 Å². The van der Waals surface area contributed by atoms with E-state index in [2.05, 4.69) is 0 Å². The predicted molar refractivity (Wildman–Crippen MR) is 53.5 cm³/mol. The average Bonchev–Trinajstić information content (AvgIpc) is 2.14. The van der Waals surface area contributed by atoms with Gasteiger partial charge in [-0.3, -0.25) is 0 Å². The molecule has 0 heterocycles. The van der Waals surface area contributed by atoms with Gasteiger partial charge in [-0.25, -0.2) is 4.39 Å². The molecule has 0 radical (unpaired) electrons. The normalized spacial score (nSPS) is 19.0. The van der Waals surface area contributed by atoms with E-state index in [0.717, 1.165) is 37.7 Å². The van der Waals surface area contributed by atoms with Crippen LogP contribution < -0.4 is 0 Å². The van der Waals surface area contributed by atoms with Crippen LogP contribution in [-0.4, -0.2) is 10.7 Å². The quantitative estimate of drug-likeness (QED) is 0.784. The van der Waals surface area contributed by atoms with E-state index in [0.29, 0.717) is 0 Å². The fraction of sp³-hybridized carbons (Fsp3) is 0.500. The highest BCUT2D eigenvalue weighted by Gasteiger charge is 2.33. The summed E-state index contributed by atoms with van der Waals surface area (Å²) in [5.41, 5.74) is 0.681. The molecule has 1 nitrogen and oxygen atoms in total. The van der Waals surface area contributed by atoms with Gasteiger partial charge in [0.2, 0.25) is 0 Å². The van der Waals surface area contributed by atoms with E-state index in [1.165, 1.54) is 12.1 Å².